The molecule has 17 heavy (non-hydrogen) atoms. The first kappa shape index (κ1) is 14.4. The SMILES string of the molecule is CC(C)C(C)S(=O)CC(=O)c1ccc(Cl)cc1. The molecule has 0 saturated heterocycles. The summed E-state index contributed by atoms with van der Waals surface area (Å²) in [5, 5.41) is 0.629. The largest absolute Gasteiger partial charge is 0.293 e. The first-order valence-electron chi connectivity index (χ1n) is 5.57. The zero-order valence-corrected chi connectivity index (χ0v) is 11.8. The van der Waals surface area contributed by atoms with Crippen molar-refractivity contribution in [3.8, 4) is 0 Å². The van der Waals surface area contributed by atoms with Crippen LogP contribution in [0.4, 0.5) is 0 Å². The summed E-state index contributed by atoms with van der Waals surface area (Å²) in [5.74, 6) is 0.308. The van der Waals surface area contributed by atoms with E-state index in [-0.39, 0.29) is 16.8 Å². The van der Waals surface area contributed by atoms with Crippen molar-refractivity contribution < 1.29 is 9.00 Å². The predicted octanol–water partition coefficient (Wildman–Crippen LogP) is 3.32. The minimum Gasteiger partial charge on any atom is -0.293 e. The average Bonchev–Trinajstić information content (AvgIpc) is 2.28. The third-order valence-corrected chi connectivity index (χ3v) is 4.97. The molecule has 1 rings (SSSR count). The Hall–Kier alpha value is -0.670. The van der Waals surface area contributed by atoms with Gasteiger partial charge in [-0.05, 0) is 30.2 Å². The van der Waals surface area contributed by atoms with Crippen LogP contribution in [0.3, 0.4) is 0 Å². The van der Waals surface area contributed by atoms with Crippen molar-refractivity contribution in [2.45, 2.75) is 26.0 Å². The lowest BCUT2D eigenvalue weighted by molar-refractivity contribution is 0.102. The Morgan fingerprint density at radius 2 is 1.76 bits per heavy atom. The molecule has 0 aliphatic rings. The Morgan fingerprint density at radius 3 is 2.24 bits per heavy atom. The quantitative estimate of drug-likeness (QED) is 0.771. The smallest absolute Gasteiger partial charge is 0.175 e. The van der Waals surface area contributed by atoms with Crippen molar-refractivity contribution in [1.82, 2.24) is 0 Å². The topological polar surface area (TPSA) is 34.1 Å². The van der Waals surface area contributed by atoms with E-state index in [0.29, 0.717) is 16.5 Å². The molecule has 0 heterocycles. The Labute approximate surface area is 110 Å². The number of Topliss-reactive ketones (excluding diaryl/α,β-unsaturated/α-hetero) is 1. The second kappa shape index (κ2) is 6.31. The molecule has 0 aliphatic heterocycles. The van der Waals surface area contributed by atoms with Crippen LogP contribution < -0.4 is 0 Å². The van der Waals surface area contributed by atoms with Crippen LogP contribution in [-0.2, 0) is 10.8 Å². The van der Waals surface area contributed by atoms with Crippen LogP contribution in [-0.4, -0.2) is 21.0 Å². The number of hydrogen-bond donors (Lipinski definition) is 0. The van der Waals surface area contributed by atoms with E-state index in [0.717, 1.165) is 0 Å². The Balaban J connectivity index is 2.67. The summed E-state index contributed by atoms with van der Waals surface area (Å²) in [6.07, 6.45) is 0. The fraction of sp³-hybridized carbons (Fsp3) is 0.462. The van der Waals surface area contributed by atoms with Crippen LogP contribution in [0.25, 0.3) is 0 Å². The maximum absolute atomic E-state index is 11.9. The summed E-state index contributed by atoms with van der Waals surface area (Å²) in [5.41, 5.74) is 0.568. The molecule has 2 nitrogen and oxygen atoms in total. The van der Waals surface area contributed by atoms with E-state index < -0.39 is 10.8 Å². The van der Waals surface area contributed by atoms with Gasteiger partial charge in [-0.3, -0.25) is 9.00 Å². The van der Waals surface area contributed by atoms with Gasteiger partial charge in [-0.25, -0.2) is 0 Å². The number of carbonyl (C=O) groups excluding carboxylic acids is 1. The first-order valence-corrected chi connectivity index (χ1v) is 7.33. The van der Waals surface area contributed by atoms with Crippen LogP contribution in [0.2, 0.25) is 5.02 Å². The Bertz CT molecular complexity index is 412. The summed E-state index contributed by atoms with van der Waals surface area (Å²) in [6, 6.07) is 6.68. The van der Waals surface area contributed by atoms with Crippen LogP contribution in [0.5, 0.6) is 0 Å². The summed E-state index contributed by atoms with van der Waals surface area (Å²) >= 11 is 5.74. The highest BCUT2D eigenvalue weighted by molar-refractivity contribution is 7.86. The second-order valence-electron chi connectivity index (χ2n) is 4.40. The molecule has 0 radical (unpaired) electrons. The molecule has 4 heteroatoms. The monoisotopic (exact) mass is 272 g/mol. The van der Waals surface area contributed by atoms with Gasteiger partial charge < -0.3 is 0 Å². The van der Waals surface area contributed by atoms with Gasteiger partial charge in [0.25, 0.3) is 0 Å². The van der Waals surface area contributed by atoms with Gasteiger partial charge in [0.15, 0.2) is 5.78 Å². The summed E-state index contributed by atoms with van der Waals surface area (Å²) in [6.45, 7) is 5.93. The molecule has 0 spiro atoms. The van der Waals surface area contributed by atoms with E-state index >= 15 is 0 Å². The van der Waals surface area contributed by atoms with E-state index in [4.69, 9.17) is 11.6 Å². The number of halogens is 1. The fourth-order valence-corrected chi connectivity index (χ4v) is 2.70. The highest BCUT2D eigenvalue weighted by Gasteiger charge is 2.18. The summed E-state index contributed by atoms with van der Waals surface area (Å²) < 4.78 is 11.9. The molecule has 2 unspecified atom stereocenters. The molecule has 2 atom stereocenters. The standard InChI is InChI=1S/C13H17ClO2S/c1-9(2)10(3)17(16)8-13(15)11-4-6-12(14)7-5-11/h4-7,9-10H,8H2,1-3H3. The van der Waals surface area contributed by atoms with E-state index in [1.54, 1.807) is 24.3 Å². The average molecular weight is 273 g/mol. The molecule has 0 amide bonds. The summed E-state index contributed by atoms with van der Waals surface area (Å²) in [4.78, 5) is 11.9. The normalized spacial score (nSPS) is 14.6. The third-order valence-electron chi connectivity index (χ3n) is 2.79. The molecule has 0 saturated carbocycles. The van der Waals surface area contributed by atoms with Crippen molar-refractivity contribution in [1.29, 1.82) is 0 Å². The van der Waals surface area contributed by atoms with Crippen LogP contribution in [0.1, 0.15) is 31.1 Å². The fourth-order valence-electron chi connectivity index (χ4n) is 1.28. The molecule has 94 valence electrons. The number of carbonyl (C=O) groups is 1. The van der Waals surface area contributed by atoms with E-state index in [9.17, 15) is 9.00 Å². The van der Waals surface area contributed by atoms with Crippen LogP contribution in [0.15, 0.2) is 24.3 Å². The molecular weight excluding hydrogens is 256 g/mol. The van der Waals surface area contributed by atoms with Crippen LogP contribution in [0, 0.1) is 5.92 Å². The predicted molar refractivity (Wildman–Crippen MR) is 73.1 cm³/mol. The minimum absolute atomic E-state index is 0.0336. The maximum atomic E-state index is 11.9. The van der Waals surface area contributed by atoms with Gasteiger partial charge >= 0.3 is 0 Å². The Morgan fingerprint density at radius 1 is 1.24 bits per heavy atom. The van der Waals surface area contributed by atoms with E-state index in [2.05, 4.69) is 0 Å². The van der Waals surface area contributed by atoms with Crippen molar-refractivity contribution in [2.75, 3.05) is 5.75 Å². The minimum atomic E-state index is -1.11. The van der Waals surface area contributed by atoms with E-state index in [1.165, 1.54) is 0 Å². The number of ketones is 1. The molecular formula is C13H17ClO2S. The molecule has 0 aliphatic carbocycles. The van der Waals surface area contributed by atoms with Gasteiger partial charge in [-0.2, -0.15) is 0 Å². The highest BCUT2D eigenvalue weighted by atomic mass is 35.5. The van der Waals surface area contributed by atoms with Crippen molar-refractivity contribution >= 4 is 28.2 Å². The Kier molecular flexibility index (Phi) is 5.34. The molecule has 1 aromatic carbocycles. The summed E-state index contributed by atoms with van der Waals surface area (Å²) in [7, 11) is -1.11. The second-order valence-corrected chi connectivity index (χ2v) is 6.63. The van der Waals surface area contributed by atoms with Gasteiger partial charge in [0, 0.05) is 26.6 Å². The zero-order valence-electron chi connectivity index (χ0n) is 10.3. The molecule has 0 N–H and O–H groups in total. The van der Waals surface area contributed by atoms with Crippen molar-refractivity contribution in [2.24, 2.45) is 5.92 Å². The van der Waals surface area contributed by atoms with Gasteiger partial charge in [-0.1, -0.05) is 32.4 Å². The number of benzene rings is 1. The molecule has 0 fully saturated rings. The van der Waals surface area contributed by atoms with Gasteiger partial charge in [0.1, 0.15) is 0 Å². The van der Waals surface area contributed by atoms with Gasteiger partial charge in [0.05, 0.1) is 5.75 Å². The number of hydrogen-bond acceptors (Lipinski definition) is 2. The van der Waals surface area contributed by atoms with Gasteiger partial charge in [0.2, 0.25) is 0 Å². The molecule has 0 bridgehead atoms. The van der Waals surface area contributed by atoms with Crippen LogP contribution >= 0.6 is 11.6 Å². The zero-order chi connectivity index (χ0) is 13.0. The lowest BCUT2D eigenvalue weighted by Crippen LogP contribution is -2.24. The molecule has 1 aromatic rings. The first-order chi connectivity index (χ1) is 7.91. The van der Waals surface area contributed by atoms with E-state index in [1.807, 2.05) is 20.8 Å². The lowest BCUT2D eigenvalue weighted by Gasteiger charge is -2.14. The van der Waals surface area contributed by atoms with Crippen molar-refractivity contribution in [3.63, 3.8) is 0 Å². The lowest BCUT2D eigenvalue weighted by atomic mass is 10.1. The molecule has 0 aromatic heterocycles. The number of rotatable bonds is 5. The third kappa shape index (κ3) is 4.25. The highest BCUT2D eigenvalue weighted by Crippen LogP contribution is 2.13. The maximum Gasteiger partial charge on any atom is 0.175 e. The van der Waals surface area contributed by atoms with Gasteiger partial charge in [-0.15, -0.1) is 0 Å². The van der Waals surface area contributed by atoms with Crippen molar-refractivity contribution in [3.05, 3.63) is 34.9 Å².